The van der Waals surface area contributed by atoms with Crippen molar-refractivity contribution in [3.63, 3.8) is 0 Å². The number of H-pyrrole nitrogens is 1. The minimum absolute atomic E-state index is 0.259. The highest BCUT2D eigenvalue weighted by molar-refractivity contribution is 5.29. The summed E-state index contributed by atoms with van der Waals surface area (Å²) in [6.07, 6.45) is -0.237. The number of fused-ring (bicyclic) bond motifs is 1. The average Bonchev–Trinajstić information content (AvgIpc) is 2.48. The van der Waals surface area contributed by atoms with Crippen molar-refractivity contribution in [3.8, 4) is 0 Å². The van der Waals surface area contributed by atoms with Crippen LogP contribution in [0.5, 0.6) is 0 Å². The summed E-state index contributed by atoms with van der Waals surface area (Å²) in [7, 11) is 0. The van der Waals surface area contributed by atoms with Crippen molar-refractivity contribution in [2.24, 2.45) is 5.73 Å². The first-order chi connectivity index (χ1) is 6.98. The maximum Gasteiger partial charge on any atom is 0.283 e. The van der Waals surface area contributed by atoms with Gasteiger partial charge in [0.15, 0.2) is 0 Å². The van der Waals surface area contributed by atoms with E-state index in [1.807, 2.05) is 13.8 Å². The summed E-state index contributed by atoms with van der Waals surface area (Å²) < 4.78 is 5.10. The predicted molar refractivity (Wildman–Crippen MR) is 51.5 cm³/mol. The number of rotatable bonds is 1. The van der Waals surface area contributed by atoms with Crippen LogP contribution in [0.4, 0.5) is 0 Å². The van der Waals surface area contributed by atoms with E-state index >= 15 is 0 Å². The van der Waals surface area contributed by atoms with Gasteiger partial charge in [0.2, 0.25) is 0 Å². The molecule has 1 unspecified atom stereocenters. The third kappa shape index (κ3) is 1.33. The molecular formula is C9H14N2O4. The Balaban J connectivity index is 2.56. The number of aromatic amines is 1. The molecule has 0 saturated heterocycles. The summed E-state index contributed by atoms with van der Waals surface area (Å²) in [6, 6.07) is -0.420. The van der Waals surface area contributed by atoms with E-state index in [4.69, 9.17) is 15.5 Å². The molecule has 4 N–H and O–H groups in total. The second kappa shape index (κ2) is 3.19. The lowest BCUT2D eigenvalue weighted by Gasteiger charge is -2.37. The Kier molecular flexibility index (Phi) is 2.22. The SMILES string of the molecule is CC1(C)c2o[nH]c(=O)c2C[C@@H](N)C1OO. The van der Waals surface area contributed by atoms with Crippen LogP contribution in [0.1, 0.15) is 25.2 Å². The maximum atomic E-state index is 11.4. The number of hydrogen-bond donors (Lipinski definition) is 3. The summed E-state index contributed by atoms with van der Waals surface area (Å²) in [4.78, 5) is 15.8. The molecular weight excluding hydrogens is 200 g/mol. The highest BCUT2D eigenvalue weighted by Gasteiger charge is 2.46. The summed E-state index contributed by atoms with van der Waals surface area (Å²) >= 11 is 0. The molecule has 84 valence electrons. The first-order valence-corrected chi connectivity index (χ1v) is 4.75. The van der Waals surface area contributed by atoms with Crippen molar-refractivity contribution in [2.75, 3.05) is 0 Å². The van der Waals surface area contributed by atoms with E-state index in [-0.39, 0.29) is 5.56 Å². The van der Waals surface area contributed by atoms with Crippen LogP contribution in [0, 0.1) is 0 Å². The zero-order chi connectivity index (χ0) is 11.2. The quantitative estimate of drug-likeness (QED) is 0.450. The Morgan fingerprint density at radius 3 is 2.93 bits per heavy atom. The number of aromatic nitrogens is 1. The Morgan fingerprint density at radius 2 is 2.33 bits per heavy atom. The van der Waals surface area contributed by atoms with Crippen LogP contribution in [0.25, 0.3) is 0 Å². The molecule has 2 rings (SSSR count). The average molecular weight is 214 g/mol. The van der Waals surface area contributed by atoms with E-state index in [1.54, 1.807) is 0 Å². The van der Waals surface area contributed by atoms with Gasteiger partial charge in [-0.2, -0.15) is 5.16 Å². The number of hydrogen-bond acceptors (Lipinski definition) is 5. The third-order valence-corrected chi connectivity index (χ3v) is 3.03. The standard InChI is InChI=1S/C9H14N2O4/c1-9(2)6-4(8(12)11-14-6)3-5(10)7(9)15-13/h5,7,13H,3,10H2,1-2H3,(H,11,12)/t5-,7?/m1/s1. The molecule has 0 saturated carbocycles. The van der Waals surface area contributed by atoms with Gasteiger partial charge in [-0.25, -0.2) is 4.89 Å². The van der Waals surface area contributed by atoms with Crippen LogP contribution in [0.15, 0.2) is 9.32 Å². The molecule has 0 fully saturated rings. The van der Waals surface area contributed by atoms with Crippen molar-refractivity contribution >= 4 is 0 Å². The lowest BCUT2D eigenvalue weighted by molar-refractivity contribution is -0.299. The highest BCUT2D eigenvalue weighted by atomic mass is 17.1. The normalized spacial score (nSPS) is 28.8. The molecule has 6 heteroatoms. The first-order valence-electron chi connectivity index (χ1n) is 4.75. The van der Waals surface area contributed by atoms with Crippen LogP contribution >= 0.6 is 0 Å². The van der Waals surface area contributed by atoms with Crippen LogP contribution in [0.3, 0.4) is 0 Å². The van der Waals surface area contributed by atoms with Crippen LogP contribution in [-0.4, -0.2) is 22.6 Å². The topological polar surface area (TPSA) is 101 Å². The van der Waals surface area contributed by atoms with Gasteiger partial charge in [0.1, 0.15) is 11.9 Å². The molecule has 1 aromatic heterocycles. The Hall–Kier alpha value is -1.11. The monoisotopic (exact) mass is 214 g/mol. The van der Waals surface area contributed by atoms with Crippen molar-refractivity contribution in [1.82, 2.24) is 5.16 Å². The Labute approximate surface area is 85.9 Å². The van der Waals surface area contributed by atoms with Crippen LogP contribution in [0.2, 0.25) is 0 Å². The molecule has 1 aliphatic carbocycles. The van der Waals surface area contributed by atoms with Crippen molar-refractivity contribution in [2.45, 2.75) is 37.8 Å². The fourth-order valence-electron chi connectivity index (χ4n) is 2.25. The van der Waals surface area contributed by atoms with Gasteiger partial charge in [-0.1, -0.05) is 0 Å². The molecule has 15 heavy (non-hydrogen) atoms. The van der Waals surface area contributed by atoms with E-state index in [9.17, 15) is 4.79 Å². The Morgan fingerprint density at radius 1 is 1.67 bits per heavy atom. The second-order valence-corrected chi connectivity index (χ2v) is 4.46. The smallest absolute Gasteiger partial charge is 0.283 e. The van der Waals surface area contributed by atoms with Gasteiger partial charge in [0.05, 0.1) is 11.0 Å². The van der Waals surface area contributed by atoms with Gasteiger partial charge in [-0.3, -0.25) is 10.1 Å². The van der Waals surface area contributed by atoms with Gasteiger partial charge in [0.25, 0.3) is 5.56 Å². The zero-order valence-corrected chi connectivity index (χ0v) is 8.61. The third-order valence-electron chi connectivity index (χ3n) is 3.03. The minimum atomic E-state index is -0.624. The van der Waals surface area contributed by atoms with E-state index in [2.05, 4.69) is 10.0 Å². The summed E-state index contributed by atoms with van der Waals surface area (Å²) in [5, 5.41) is 11.1. The molecule has 0 radical (unpaired) electrons. The molecule has 0 amide bonds. The fourth-order valence-corrected chi connectivity index (χ4v) is 2.25. The molecule has 2 atom stereocenters. The van der Waals surface area contributed by atoms with Crippen molar-refractivity contribution in [3.05, 3.63) is 21.7 Å². The van der Waals surface area contributed by atoms with Crippen LogP contribution < -0.4 is 11.3 Å². The largest absolute Gasteiger partial charge is 0.383 e. The molecule has 0 bridgehead atoms. The molecule has 0 aliphatic heterocycles. The molecule has 1 aliphatic rings. The van der Waals surface area contributed by atoms with Crippen molar-refractivity contribution in [1.29, 1.82) is 0 Å². The highest BCUT2D eigenvalue weighted by Crippen LogP contribution is 2.36. The minimum Gasteiger partial charge on any atom is -0.383 e. The lowest BCUT2D eigenvalue weighted by atomic mass is 9.73. The van der Waals surface area contributed by atoms with E-state index < -0.39 is 17.6 Å². The molecule has 6 nitrogen and oxygen atoms in total. The molecule has 1 heterocycles. The van der Waals surface area contributed by atoms with Gasteiger partial charge >= 0.3 is 0 Å². The summed E-state index contributed by atoms with van der Waals surface area (Å²) in [5.41, 5.74) is 5.49. The Bertz CT molecular complexity index is 420. The fraction of sp³-hybridized carbons (Fsp3) is 0.667. The molecule has 1 aromatic rings. The van der Waals surface area contributed by atoms with E-state index in [1.165, 1.54) is 0 Å². The summed E-state index contributed by atoms with van der Waals surface area (Å²) in [5.74, 6) is 0.508. The van der Waals surface area contributed by atoms with Gasteiger partial charge < -0.3 is 10.3 Å². The second-order valence-electron chi connectivity index (χ2n) is 4.46. The van der Waals surface area contributed by atoms with Crippen LogP contribution in [-0.2, 0) is 16.7 Å². The molecule has 0 aromatic carbocycles. The first kappa shape index (κ1) is 10.4. The van der Waals surface area contributed by atoms with Gasteiger partial charge in [-0.15, -0.1) is 0 Å². The van der Waals surface area contributed by atoms with Gasteiger partial charge in [-0.05, 0) is 20.3 Å². The summed E-state index contributed by atoms with van der Waals surface area (Å²) in [6.45, 7) is 3.62. The lowest BCUT2D eigenvalue weighted by Crippen LogP contribution is -2.53. The van der Waals surface area contributed by atoms with E-state index in [0.29, 0.717) is 17.7 Å². The van der Waals surface area contributed by atoms with Crippen molar-refractivity contribution < 1.29 is 14.7 Å². The zero-order valence-electron chi connectivity index (χ0n) is 8.61. The number of nitrogens with two attached hydrogens (primary N) is 1. The van der Waals surface area contributed by atoms with E-state index in [0.717, 1.165) is 0 Å². The number of nitrogens with one attached hydrogen (secondary N) is 1. The molecule has 0 spiro atoms. The predicted octanol–water partition coefficient (Wildman–Crippen LogP) is -0.0129. The van der Waals surface area contributed by atoms with Gasteiger partial charge in [0, 0.05) is 6.04 Å². The maximum absolute atomic E-state index is 11.4.